The highest BCUT2D eigenvalue weighted by Gasteiger charge is 2.07. The molecule has 0 amide bonds. The van der Waals surface area contributed by atoms with E-state index in [-0.39, 0.29) is 0 Å². The van der Waals surface area contributed by atoms with Crippen LogP contribution in [0.1, 0.15) is 11.3 Å². The summed E-state index contributed by atoms with van der Waals surface area (Å²) in [6.45, 7) is 5.84. The molecule has 1 aromatic heterocycles. The fourth-order valence-corrected chi connectivity index (χ4v) is 1.92. The zero-order valence-electron chi connectivity index (χ0n) is 9.20. The first kappa shape index (κ1) is 9.78. The molecule has 2 aromatic rings. The Labute approximate surface area is 90.3 Å². The molecular weight excluding hydrogens is 182 g/mol. The molecule has 0 saturated heterocycles. The van der Waals surface area contributed by atoms with Gasteiger partial charge >= 0.3 is 0 Å². The van der Waals surface area contributed by atoms with Crippen LogP contribution < -0.4 is 0 Å². The van der Waals surface area contributed by atoms with Crippen LogP contribution in [0.5, 0.6) is 0 Å². The quantitative estimate of drug-likeness (QED) is 0.647. The van der Waals surface area contributed by atoms with Crippen LogP contribution in [-0.4, -0.2) is 4.57 Å². The van der Waals surface area contributed by atoms with Crippen molar-refractivity contribution in [3.8, 4) is 0 Å². The lowest BCUT2D eigenvalue weighted by molar-refractivity contribution is 0.916. The van der Waals surface area contributed by atoms with Crippen molar-refractivity contribution in [2.45, 2.75) is 6.92 Å². The number of para-hydroxylation sites is 1. The molecule has 1 nitrogen and oxygen atoms in total. The van der Waals surface area contributed by atoms with Crippen molar-refractivity contribution in [1.82, 2.24) is 4.57 Å². The van der Waals surface area contributed by atoms with E-state index in [0.29, 0.717) is 0 Å². The Morgan fingerprint density at radius 1 is 1.27 bits per heavy atom. The third kappa shape index (κ3) is 1.50. The predicted molar refractivity (Wildman–Crippen MR) is 66.9 cm³/mol. The smallest absolute Gasteiger partial charge is 0.0486 e. The van der Waals surface area contributed by atoms with Gasteiger partial charge in [-0.1, -0.05) is 43.0 Å². The van der Waals surface area contributed by atoms with Crippen molar-refractivity contribution < 1.29 is 0 Å². The van der Waals surface area contributed by atoms with Crippen LogP contribution in [-0.2, 0) is 7.05 Å². The molecule has 1 heterocycles. The molecule has 0 unspecified atom stereocenters. The number of allylic oxidation sites excluding steroid dienone is 2. The first-order valence-corrected chi connectivity index (χ1v) is 5.09. The summed E-state index contributed by atoms with van der Waals surface area (Å²) in [6, 6.07) is 8.45. The Kier molecular flexibility index (Phi) is 2.46. The van der Waals surface area contributed by atoms with E-state index in [4.69, 9.17) is 0 Å². The number of nitrogens with zero attached hydrogens (tertiary/aromatic N) is 1. The first-order chi connectivity index (χ1) is 7.25. The molecule has 1 heteroatoms. The lowest BCUT2D eigenvalue weighted by Crippen LogP contribution is -1.89. The lowest BCUT2D eigenvalue weighted by atomic mass is 10.1. The number of aryl methyl sites for hydroxylation is 1. The summed E-state index contributed by atoms with van der Waals surface area (Å²) in [6.07, 6.45) is 5.90. The fraction of sp³-hybridized carbons (Fsp3) is 0.143. The number of fused-ring (bicyclic) bond motifs is 1. The van der Waals surface area contributed by atoms with Gasteiger partial charge in [-0.05, 0) is 13.0 Å². The molecule has 0 N–H and O–H groups in total. The van der Waals surface area contributed by atoms with Gasteiger partial charge in [0.15, 0.2) is 0 Å². The highest BCUT2D eigenvalue weighted by atomic mass is 14.9. The van der Waals surface area contributed by atoms with E-state index in [1.165, 1.54) is 22.2 Å². The monoisotopic (exact) mass is 197 g/mol. The van der Waals surface area contributed by atoms with Crippen LogP contribution in [0, 0.1) is 6.92 Å². The minimum atomic E-state index is 1.28. The van der Waals surface area contributed by atoms with Crippen LogP contribution in [0.3, 0.4) is 0 Å². The van der Waals surface area contributed by atoms with Crippen LogP contribution in [0.25, 0.3) is 17.0 Å². The van der Waals surface area contributed by atoms with E-state index in [1.54, 1.807) is 6.08 Å². The zero-order valence-corrected chi connectivity index (χ0v) is 9.20. The van der Waals surface area contributed by atoms with Gasteiger partial charge in [0.25, 0.3) is 0 Å². The Morgan fingerprint density at radius 3 is 2.73 bits per heavy atom. The second kappa shape index (κ2) is 3.77. The molecule has 0 saturated carbocycles. The molecule has 0 aliphatic heterocycles. The maximum atomic E-state index is 3.70. The van der Waals surface area contributed by atoms with Crippen LogP contribution >= 0.6 is 0 Å². The van der Waals surface area contributed by atoms with E-state index in [2.05, 4.69) is 55.5 Å². The average Bonchev–Trinajstić information content (AvgIpc) is 2.51. The van der Waals surface area contributed by atoms with Crippen molar-refractivity contribution in [2.75, 3.05) is 0 Å². The number of rotatable bonds is 2. The highest BCUT2D eigenvalue weighted by molar-refractivity contribution is 5.91. The summed E-state index contributed by atoms with van der Waals surface area (Å²) in [5.41, 5.74) is 3.85. The molecule has 0 radical (unpaired) electrons. The summed E-state index contributed by atoms with van der Waals surface area (Å²) in [5.74, 6) is 0. The van der Waals surface area contributed by atoms with Gasteiger partial charge in [-0.2, -0.15) is 0 Å². The summed E-state index contributed by atoms with van der Waals surface area (Å²) in [5, 5.41) is 1.30. The summed E-state index contributed by atoms with van der Waals surface area (Å²) < 4.78 is 2.22. The van der Waals surface area contributed by atoms with Crippen LogP contribution in [0.4, 0.5) is 0 Å². The van der Waals surface area contributed by atoms with Crippen LogP contribution in [0.15, 0.2) is 43.0 Å². The van der Waals surface area contributed by atoms with E-state index in [1.807, 2.05) is 6.08 Å². The van der Waals surface area contributed by atoms with Crippen molar-refractivity contribution >= 4 is 17.0 Å². The molecule has 0 atom stereocenters. The van der Waals surface area contributed by atoms with Gasteiger partial charge < -0.3 is 4.57 Å². The van der Waals surface area contributed by atoms with E-state index in [0.717, 1.165) is 0 Å². The molecule has 0 aliphatic carbocycles. The molecule has 15 heavy (non-hydrogen) atoms. The summed E-state index contributed by atoms with van der Waals surface area (Å²) in [4.78, 5) is 0. The largest absolute Gasteiger partial charge is 0.347 e. The number of aromatic nitrogens is 1. The Hall–Kier alpha value is -1.76. The van der Waals surface area contributed by atoms with Gasteiger partial charge in [0.2, 0.25) is 0 Å². The number of hydrogen-bond donors (Lipinski definition) is 0. The highest BCUT2D eigenvalue weighted by Crippen LogP contribution is 2.25. The normalized spacial score (nSPS) is 11.3. The third-order valence-electron chi connectivity index (χ3n) is 2.85. The van der Waals surface area contributed by atoms with E-state index in [9.17, 15) is 0 Å². The summed E-state index contributed by atoms with van der Waals surface area (Å²) >= 11 is 0. The topological polar surface area (TPSA) is 4.93 Å². The molecule has 1 aromatic carbocycles. The number of hydrogen-bond acceptors (Lipinski definition) is 0. The minimum absolute atomic E-state index is 1.28. The fourth-order valence-electron chi connectivity index (χ4n) is 1.92. The molecule has 0 aliphatic rings. The second-order valence-corrected chi connectivity index (χ2v) is 3.67. The van der Waals surface area contributed by atoms with Gasteiger partial charge in [0.1, 0.15) is 0 Å². The molecule has 0 bridgehead atoms. The molecule has 2 rings (SSSR count). The van der Waals surface area contributed by atoms with Gasteiger partial charge in [0.05, 0.1) is 0 Å². The standard InChI is InChI=1S/C14H15N/c1-4-5-8-12-11(2)15(3)14-10-7-6-9-13(12)14/h4-10H,1H2,2-3H3/b8-5-. The third-order valence-corrected chi connectivity index (χ3v) is 2.85. The van der Waals surface area contributed by atoms with Crippen molar-refractivity contribution in [3.05, 3.63) is 54.3 Å². The molecular formula is C14H15N. The first-order valence-electron chi connectivity index (χ1n) is 5.09. The van der Waals surface area contributed by atoms with Crippen LogP contribution in [0.2, 0.25) is 0 Å². The second-order valence-electron chi connectivity index (χ2n) is 3.67. The Balaban J connectivity index is 2.77. The van der Waals surface area contributed by atoms with Crippen molar-refractivity contribution in [3.63, 3.8) is 0 Å². The molecule has 0 spiro atoms. The Morgan fingerprint density at radius 2 is 2.00 bits per heavy atom. The van der Waals surface area contributed by atoms with Gasteiger partial charge in [0, 0.05) is 29.2 Å². The molecule has 76 valence electrons. The SMILES string of the molecule is C=C/C=C\c1c(C)n(C)c2ccccc12. The maximum absolute atomic E-state index is 3.70. The van der Waals surface area contributed by atoms with Gasteiger partial charge in [-0.15, -0.1) is 0 Å². The summed E-state index contributed by atoms with van der Waals surface area (Å²) in [7, 11) is 2.10. The van der Waals surface area contributed by atoms with Gasteiger partial charge in [-0.25, -0.2) is 0 Å². The zero-order chi connectivity index (χ0) is 10.8. The molecule has 0 fully saturated rings. The predicted octanol–water partition coefficient (Wildman–Crippen LogP) is 3.69. The van der Waals surface area contributed by atoms with E-state index < -0.39 is 0 Å². The minimum Gasteiger partial charge on any atom is -0.347 e. The van der Waals surface area contributed by atoms with E-state index >= 15 is 0 Å². The van der Waals surface area contributed by atoms with Gasteiger partial charge in [-0.3, -0.25) is 0 Å². The average molecular weight is 197 g/mol. The lowest BCUT2D eigenvalue weighted by Gasteiger charge is -1.97. The number of benzene rings is 1. The Bertz CT molecular complexity index is 530. The van der Waals surface area contributed by atoms with Crippen molar-refractivity contribution in [1.29, 1.82) is 0 Å². The van der Waals surface area contributed by atoms with Crippen molar-refractivity contribution in [2.24, 2.45) is 7.05 Å². The maximum Gasteiger partial charge on any atom is 0.0486 e.